The van der Waals surface area contributed by atoms with E-state index in [1.54, 1.807) is 6.07 Å². The van der Waals surface area contributed by atoms with Gasteiger partial charge in [0.05, 0.1) is 12.7 Å². The van der Waals surface area contributed by atoms with Crippen molar-refractivity contribution in [1.29, 1.82) is 0 Å². The second-order valence-corrected chi connectivity index (χ2v) is 4.37. The van der Waals surface area contributed by atoms with Crippen molar-refractivity contribution in [1.82, 2.24) is 10.2 Å². The number of para-hydroxylation sites is 1. The normalized spacial score (nSPS) is 17.1. The first-order valence-corrected chi connectivity index (χ1v) is 6.09. The number of rotatable bonds is 4. The topological polar surface area (TPSA) is 24.5 Å². The molecule has 0 radical (unpaired) electrons. The molecule has 0 aromatic heterocycles. The molecule has 1 aliphatic rings. The van der Waals surface area contributed by atoms with Crippen LogP contribution in [0.5, 0.6) is 5.75 Å². The summed E-state index contributed by atoms with van der Waals surface area (Å²) in [5.74, 6) is 0.325. The van der Waals surface area contributed by atoms with E-state index in [1.165, 1.54) is 13.2 Å². The summed E-state index contributed by atoms with van der Waals surface area (Å²) >= 11 is 0. The van der Waals surface area contributed by atoms with Gasteiger partial charge in [0.1, 0.15) is 5.75 Å². The Morgan fingerprint density at radius 1 is 1.33 bits per heavy atom. The lowest BCUT2D eigenvalue weighted by Gasteiger charge is -2.28. The molecular formula is C13H18F2N2O. The summed E-state index contributed by atoms with van der Waals surface area (Å²) in [7, 11) is 1.45. The van der Waals surface area contributed by atoms with Crippen LogP contribution >= 0.6 is 0 Å². The van der Waals surface area contributed by atoms with Crippen LogP contribution in [0.3, 0.4) is 0 Å². The maximum atomic E-state index is 12.9. The van der Waals surface area contributed by atoms with Gasteiger partial charge in [0, 0.05) is 38.3 Å². The third kappa shape index (κ3) is 2.97. The van der Waals surface area contributed by atoms with E-state index in [-0.39, 0.29) is 5.56 Å². The van der Waals surface area contributed by atoms with Gasteiger partial charge >= 0.3 is 0 Å². The van der Waals surface area contributed by atoms with Crippen LogP contribution in [0.1, 0.15) is 17.6 Å². The van der Waals surface area contributed by atoms with Crippen LogP contribution in [-0.4, -0.2) is 38.2 Å². The number of alkyl halides is 2. The minimum Gasteiger partial charge on any atom is -0.496 e. The number of ether oxygens (including phenoxy) is 1. The van der Waals surface area contributed by atoms with Gasteiger partial charge in [-0.05, 0) is 6.07 Å². The molecule has 0 saturated carbocycles. The quantitative estimate of drug-likeness (QED) is 0.892. The lowest BCUT2D eigenvalue weighted by molar-refractivity contribution is 0.146. The van der Waals surface area contributed by atoms with Crippen molar-refractivity contribution in [2.24, 2.45) is 0 Å². The standard InChI is InChI=1S/C13H18F2N2O/c1-18-12-10(3-2-4-11(12)13(14)15)9-17-7-5-16-6-8-17/h2-4,13,16H,5-9H2,1H3. The first-order valence-electron chi connectivity index (χ1n) is 6.09. The Balaban J connectivity index is 2.18. The molecule has 0 unspecified atom stereocenters. The molecule has 2 rings (SSSR count). The molecule has 5 heteroatoms. The molecule has 100 valence electrons. The Bertz CT molecular complexity index is 393. The number of methoxy groups -OCH3 is 1. The second kappa shape index (κ2) is 6.11. The molecule has 18 heavy (non-hydrogen) atoms. The lowest BCUT2D eigenvalue weighted by Crippen LogP contribution is -2.42. The number of hydrogen-bond acceptors (Lipinski definition) is 3. The third-order valence-electron chi connectivity index (χ3n) is 3.17. The van der Waals surface area contributed by atoms with Crippen LogP contribution in [0.2, 0.25) is 0 Å². The first-order chi connectivity index (χ1) is 8.72. The zero-order valence-electron chi connectivity index (χ0n) is 10.5. The van der Waals surface area contributed by atoms with Gasteiger partial charge < -0.3 is 10.1 Å². The van der Waals surface area contributed by atoms with Crippen LogP contribution in [0.4, 0.5) is 8.78 Å². The Labute approximate surface area is 106 Å². The molecule has 1 aliphatic heterocycles. The van der Waals surface area contributed by atoms with Gasteiger partial charge in [-0.1, -0.05) is 12.1 Å². The highest BCUT2D eigenvalue weighted by Crippen LogP contribution is 2.32. The molecular weight excluding hydrogens is 238 g/mol. The van der Waals surface area contributed by atoms with E-state index in [4.69, 9.17) is 4.74 Å². The van der Waals surface area contributed by atoms with Gasteiger partial charge in [-0.3, -0.25) is 4.90 Å². The smallest absolute Gasteiger partial charge is 0.267 e. The molecule has 3 nitrogen and oxygen atoms in total. The molecule has 1 N–H and O–H groups in total. The fourth-order valence-electron chi connectivity index (χ4n) is 2.26. The van der Waals surface area contributed by atoms with E-state index >= 15 is 0 Å². The van der Waals surface area contributed by atoms with Gasteiger partial charge in [0.2, 0.25) is 0 Å². The van der Waals surface area contributed by atoms with Gasteiger partial charge in [0.25, 0.3) is 6.43 Å². The molecule has 0 spiro atoms. The Morgan fingerprint density at radius 2 is 2.06 bits per heavy atom. The Morgan fingerprint density at radius 3 is 2.67 bits per heavy atom. The van der Waals surface area contributed by atoms with Crippen molar-refractivity contribution >= 4 is 0 Å². The average molecular weight is 256 g/mol. The molecule has 0 bridgehead atoms. The maximum Gasteiger partial charge on any atom is 0.267 e. The summed E-state index contributed by atoms with van der Waals surface area (Å²) in [6.45, 7) is 4.41. The van der Waals surface area contributed by atoms with Crippen molar-refractivity contribution in [3.8, 4) is 5.75 Å². The third-order valence-corrected chi connectivity index (χ3v) is 3.17. The molecule has 1 aromatic carbocycles. The van der Waals surface area contributed by atoms with Crippen LogP contribution in [0.25, 0.3) is 0 Å². The number of nitrogens with zero attached hydrogens (tertiary/aromatic N) is 1. The van der Waals surface area contributed by atoms with Crippen LogP contribution in [0, 0.1) is 0 Å². The van der Waals surface area contributed by atoms with E-state index in [9.17, 15) is 8.78 Å². The van der Waals surface area contributed by atoms with Crippen molar-refractivity contribution in [2.45, 2.75) is 13.0 Å². The van der Waals surface area contributed by atoms with Gasteiger partial charge in [-0.2, -0.15) is 0 Å². The van der Waals surface area contributed by atoms with Crippen molar-refractivity contribution in [3.63, 3.8) is 0 Å². The molecule has 1 saturated heterocycles. The number of benzene rings is 1. The number of hydrogen-bond donors (Lipinski definition) is 1. The highest BCUT2D eigenvalue weighted by Gasteiger charge is 2.19. The summed E-state index contributed by atoms with van der Waals surface area (Å²) in [5.41, 5.74) is 0.808. The van der Waals surface area contributed by atoms with E-state index < -0.39 is 6.43 Å². The summed E-state index contributed by atoms with van der Waals surface area (Å²) in [4.78, 5) is 2.24. The molecule has 1 aromatic rings. The predicted octanol–water partition coefficient (Wildman–Crippen LogP) is 2.04. The minimum atomic E-state index is -2.50. The minimum absolute atomic E-state index is 0.0230. The molecule has 0 amide bonds. The zero-order chi connectivity index (χ0) is 13.0. The average Bonchev–Trinajstić information content (AvgIpc) is 2.39. The van der Waals surface area contributed by atoms with Gasteiger partial charge in [0.15, 0.2) is 0 Å². The lowest BCUT2D eigenvalue weighted by atomic mass is 10.1. The van der Waals surface area contributed by atoms with E-state index in [0.717, 1.165) is 31.7 Å². The first kappa shape index (κ1) is 13.2. The molecule has 1 heterocycles. The summed E-state index contributed by atoms with van der Waals surface area (Å²) in [6, 6.07) is 4.94. The SMILES string of the molecule is COc1c(CN2CCNCC2)cccc1C(F)F. The Hall–Kier alpha value is -1.20. The van der Waals surface area contributed by atoms with Gasteiger partial charge in [-0.15, -0.1) is 0 Å². The van der Waals surface area contributed by atoms with Crippen LogP contribution in [-0.2, 0) is 6.54 Å². The Kier molecular flexibility index (Phi) is 4.49. The fraction of sp³-hybridized carbons (Fsp3) is 0.538. The maximum absolute atomic E-state index is 12.9. The van der Waals surface area contributed by atoms with Crippen molar-refractivity contribution < 1.29 is 13.5 Å². The second-order valence-electron chi connectivity index (χ2n) is 4.37. The van der Waals surface area contributed by atoms with Crippen molar-refractivity contribution in [2.75, 3.05) is 33.3 Å². The summed E-state index contributed by atoms with van der Waals surface area (Å²) in [6.07, 6.45) is -2.50. The molecule has 0 atom stereocenters. The summed E-state index contributed by atoms with van der Waals surface area (Å²) < 4.78 is 30.9. The highest BCUT2D eigenvalue weighted by atomic mass is 19.3. The van der Waals surface area contributed by atoms with E-state index in [0.29, 0.717) is 12.3 Å². The molecule has 0 aliphatic carbocycles. The van der Waals surface area contributed by atoms with Crippen LogP contribution in [0.15, 0.2) is 18.2 Å². The number of piperazine rings is 1. The van der Waals surface area contributed by atoms with Gasteiger partial charge in [-0.25, -0.2) is 8.78 Å². The molecule has 1 fully saturated rings. The number of nitrogens with one attached hydrogen (secondary N) is 1. The zero-order valence-corrected chi connectivity index (χ0v) is 10.5. The largest absolute Gasteiger partial charge is 0.496 e. The van der Waals surface area contributed by atoms with Crippen LogP contribution < -0.4 is 10.1 Å². The fourth-order valence-corrected chi connectivity index (χ4v) is 2.26. The highest BCUT2D eigenvalue weighted by molar-refractivity contribution is 5.42. The summed E-state index contributed by atoms with van der Waals surface area (Å²) in [5, 5.41) is 3.27. The number of halogens is 2. The monoisotopic (exact) mass is 256 g/mol. The van der Waals surface area contributed by atoms with E-state index in [1.807, 2.05) is 6.07 Å². The van der Waals surface area contributed by atoms with E-state index in [2.05, 4.69) is 10.2 Å². The van der Waals surface area contributed by atoms with Crippen molar-refractivity contribution in [3.05, 3.63) is 29.3 Å². The predicted molar refractivity (Wildman–Crippen MR) is 66.1 cm³/mol.